The maximum absolute atomic E-state index is 12.9. The first kappa shape index (κ1) is 20.1. The Bertz CT molecular complexity index is 1110. The minimum absolute atomic E-state index is 0.179. The van der Waals surface area contributed by atoms with Gasteiger partial charge in [0.2, 0.25) is 0 Å². The first-order valence-corrected chi connectivity index (χ1v) is 9.80. The van der Waals surface area contributed by atoms with E-state index in [9.17, 15) is 14.4 Å². The van der Waals surface area contributed by atoms with E-state index in [1.54, 1.807) is 24.3 Å². The van der Waals surface area contributed by atoms with E-state index in [2.05, 4.69) is 47.9 Å². The van der Waals surface area contributed by atoms with Crippen LogP contribution in [0.1, 0.15) is 16.1 Å². The number of rotatable bonds is 3. The fourth-order valence-corrected chi connectivity index (χ4v) is 3.62. The summed E-state index contributed by atoms with van der Waals surface area (Å²) in [6.07, 6.45) is 0. The molecule has 0 atom stereocenters. The number of anilines is 1. The quantitative estimate of drug-likeness (QED) is 0.473. The number of aryl methyl sites for hydroxylation is 1. The molecule has 9 heteroatoms. The van der Waals surface area contributed by atoms with Crippen LogP contribution in [0.5, 0.6) is 0 Å². The number of likely N-dealkylation sites (N-methyl/N-ethyl adjacent to an activating group) is 1. The molecule has 3 aromatic rings. The maximum Gasteiger partial charge on any atom is 0.328 e. The maximum atomic E-state index is 12.9. The summed E-state index contributed by atoms with van der Waals surface area (Å²) in [5.74, 6) is -2.13. The summed E-state index contributed by atoms with van der Waals surface area (Å²) in [6, 6.07) is 12.5. The van der Waals surface area contributed by atoms with Gasteiger partial charge in [0.15, 0.2) is 0 Å². The molecule has 3 amide bonds. The Morgan fingerprint density at radius 3 is 2.39 bits per heavy atom. The van der Waals surface area contributed by atoms with Gasteiger partial charge in [0.25, 0.3) is 5.91 Å². The van der Waals surface area contributed by atoms with Crippen LogP contribution >= 0.6 is 31.9 Å². The van der Waals surface area contributed by atoms with Gasteiger partial charge in [-0.1, -0.05) is 22.0 Å². The van der Waals surface area contributed by atoms with Gasteiger partial charge in [0.05, 0.1) is 11.2 Å². The van der Waals surface area contributed by atoms with Crippen molar-refractivity contribution in [3.05, 3.63) is 62.7 Å². The molecule has 7 nitrogen and oxygen atoms in total. The third kappa shape index (κ3) is 4.10. The Kier molecular flexibility index (Phi) is 5.85. The smallest absolute Gasteiger partial charge is 0.328 e. The Labute approximate surface area is 177 Å². The third-order valence-electron chi connectivity index (χ3n) is 4.02. The largest absolute Gasteiger partial charge is 0.351 e. The molecule has 0 fully saturated rings. The van der Waals surface area contributed by atoms with Crippen molar-refractivity contribution < 1.29 is 14.4 Å². The van der Waals surface area contributed by atoms with Crippen molar-refractivity contribution >= 4 is 66.2 Å². The van der Waals surface area contributed by atoms with Crippen molar-refractivity contribution in [1.82, 2.24) is 9.99 Å². The van der Waals surface area contributed by atoms with Crippen molar-refractivity contribution in [2.75, 3.05) is 17.8 Å². The van der Waals surface area contributed by atoms with Crippen molar-refractivity contribution in [3.63, 3.8) is 0 Å². The number of hydrogen-bond donors (Lipinski definition) is 3. The van der Waals surface area contributed by atoms with Gasteiger partial charge in [-0.2, -0.15) is 0 Å². The second-order valence-corrected chi connectivity index (χ2v) is 7.80. The third-order valence-corrected chi connectivity index (χ3v) is 5.17. The van der Waals surface area contributed by atoms with Crippen molar-refractivity contribution in [2.45, 2.75) is 6.92 Å². The lowest BCUT2D eigenvalue weighted by Crippen LogP contribution is -2.38. The first-order chi connectivity index (χ1) is 13.3. The second kappa shape index (κ2) is 8.15. The minimum atomic E-state index is -0.881. The molecule has 3 rings (SSSR count). The van der Waals surface area contributed by atoms with Crippen LogP contribution in [0.3, 0.4) is 0 Å². The summed E-state index contributed by atoms with van der Waals surface area (Å²) in [4.78, 5) is 36.6. The summed E-state index contributed by atoms with van der Waals surface area (Å²) < 4.78 is 2.86. The lowest BCUT2D eigenvalue weighted by atomic mass is 10.2. The van der Waals surface area contributed by atoms with Gasteiger partial charge in [0.1, 0.15) is 5.69 Å². The van der Waals surface area contributed by atoms with E-state index >= 15 is 0 Å². The van der Waals surface area contributed by atoms with E-state index < -0.39 is 17.7 Å². The highest BCUT2D eigenvalue weighted by molar-refractivity contribution is 9.10. The molecule has 0 bridgehead atoms. The number of nitrogens with zero attached hydrogens (tertiary/aromatic N) is 1. The molecular weight excluding hydrogens is 492 g/mol. The lowest BCUT2D eigenvalue weighted by molar-refractivity contribution is -0.136. The molecule has 3 N–H and O–H groups in total. The number of carbonyl (C=O) groups is 3. The molecule has 1 heterocycles. The van der Waals surface area contributed by atoms with Crippen LogP contribution in [0.15, 0.2) is 51.4 Å². The summed E-state index contributed by atoms with van der Waals surface area (Å²) in [7, 11) is 1.36. The van der Waals surface area contributed by atoms with Crippen LogP contribution in [0.2, 0.25) is 0 Å². The van der Waals surface area contributed by atoms with Crippen LogP contribution < -0.4 is 16.1 Å². The topological polar surface area (TPSA) is 92.2 Å². The highest BCUT2D eigenvalue weighted by atomic mass is 79.9. The number of amides is 3. The number of carbonyl (C=O) groups excluding carboxylic acids is 3. The predicted molar refractivity (Wildman–Crippen MR) is 115 cm³/mol. The van der Waals surface area contributed by atoms with Crippen LogP contribution in [0.25, 0.3) is 10.9 Å². The van der Waals surface area contributed by atoms with Crippen LogP contribution in [0, 0.1) is 6.92 Å². The summed E-state index contributed by atoms with van der Waals surface area (Å²) >= 11 is 6.82. The average molecular weight is 508 g/mol. The Balaban J connectivity index is 2.03. The van der Waals surface area contributed by atoms with E-state index in [-0.39, 0.29) is 5.69 Å². The predicted octanol–water partition coefficient (Wildman–Crippen LogP) is 3.54. The Morgan fingerprint density at radius 1 is 0.964 bits per heavy atom. The molecule has 0 saturated carbocycles. The van der Waals surface area contributed by atoms with Crippen LogP contribution in [0.4, 0.5) is 5.69 Å². The molecule has 0 radical (unpaired) electrons. The molecule has 0 aliphatic heterocycles. The van der Waals surface area contributed by atoms with Crippen LogP contribution in [-0.2, 0) is 9.59 Å². The fourth-order valence-electron chi connectivity index (χ4n) is 2.65. The molecule has 0 spiro atoms. The molecule has 0 saturated heterocycles. The zero-order valence-corrected chi connectivity index (χ0v) is 18.1. The number of fused-ring (bicyclic) bond motifs is 1. The SMILES string of the molecule is CNC(=O)C(=O)Nn1c(C(=O)Nc2ccc(C)cc2Br)cc2cc(Br)ccc21. The van der Waals surface area contributed by atoms with Crippen molar-refractivity contribution in [2.24, 2.45) is 0 Å². The first-order valence-electron chi connectivity index (χ1n) is 8.21. The molecule has 144 valence electrons. The summed E-state index contributed by atoms with van der Waals surface area (Å²) in [5, 5.41) is 5.79. The standard InChI is InChI=1S/C19H16Br2N4O3/c1-10-3-5-14(13(21)7-10)23-17(26)16-9-11-8-12(20)4-6-15(11)25(16)24-19(28)18(27)22-2/h3-9H,1-2H3,(H,22,27)(H,23,26)(H,24,28). The van der Waals surface area contributed by atoms with E-state index in [0.717, 1.165) is 19.9 Å². The van der Waals surface area contributed by atoms with Crippen LogP contribution in [-0.4, -0.2) is 29.4 Å². The average Bonchev–Trinajstić information content (AvgIpc) is 3.00. The molecule has 0 unspecified atom stereocenters. The molecule has 28 heavy (non-hydrogen) atoms. The number of nitrogens with one attached hydrogen (secondary N) is 3. The molecular formula is C19H16Br2N4O3. The Morgan fingerprint density at radius 2 is 1.71 bits per heavy atom. The molecule has 2 aromatic carbocycles. The van der Waals surface area contributed by atoms with E-state index in [1.807, 2.05) is 25.1 Å². The summed E-state index contributed by atoms with van der Waals surface area (Å²) in [5.41, 5.74) is 4.86. The zero-order valence-electron chi connectivity index (χ0n) is 15.0. The van der Waals surface area contributed by atoms with Gasteiger partial charge in [-0.05, 0) is 64.8 Å². The normalized spacial score (nSPS) is 10.6. The molecule has 1 aromatic heterocycles. The van der Waals surface area contributed by atoms with E-state index in [1.165, 1.54) is 11.7 Å². The van der Waals surface area contributed by atoms with Gasteiger partial charge < -0.3 is 10.6 Å². The Hall–Kier alpha value is -2.65. The molecule has 0 aliphatic carbocycles. The van der Waals surface area contributed by atoms with Gasteiger partial charge in [-0.15, -0.1) is 0 Å². The van der Waals surface area contributed by atoms with Gasteiger partial charge in [-0.3, -0.25) is 19.8 Å². The second-order valence-electron chi connectivity index (χ2n) is 6.03. The highest BCUT2D eigenvalue weighted by Gasteiger charge is 2.20. The van der Waals surface area contributed by atoms with Crippen molar-refractivity contribution in [1.29, 1.82) is 0 Å². The number of hydrogen-bond acceptors (Lipinski definition) is 3. The van der Waals surface area contributed by atoms with Crippen molar-refractivity contribution in [3.8, 4) is 0 Å². The number of benzene rings is 2. The van der Waals surface area contributed by atoms with Gasteiger partial charge in [-0.25, -0.2) is 4.68 Å². The van der Waals surface area contributed by atoms with Gasteiger partial charge >= 0.3 is 11.8 Å². The molecule has 0 aliphatic rings. The monoisotopic (exact) mass is 506 g/mol. The van der Waals surface area contributed by atoms with E-state index in [4.69, 9.17) is 0 Å². The lowest BCUT2D eigenvalue weighted by Gasteiger charge is -2.13. The van der Waals surface area contributed by atoms with Gasteiger partial charge in [0, 0.05) is 21.4 Å². The fraction of sp³-hybridized carbons (Fsp3) is 0.105. The minimum Gasteiger partial charge on any atom is -0.351 e. The number of halogens is 2. The van der Waals surface area contributed by atoms with E-state index in [0.29, 0.717) is 11.2 Å². The number of aromatic nitrogens is 1. The highest BCUT2D eigenvalue weighted by Crippen LogP contribution is 2.26. The zero-order chi connectivity index (χ0) is 20.4. The summed E-state index contributed by atoms with van der Waals surface area (Å²) in [6.45, 7) is 1.94.